The predicted molar refractivity (Wildman–Crippen MR) is 211 cm³/mol. The van der Waals surface area contributed by atoms with Crippen LogP contribution in [0.5, 0.6) is 0 Å². The van der Waals surface area contributed by atoms with Crippen LogP contribution in [0.2, 0.25) is 52.4 Å². The van der Waals surface area contributed by atoms with Crippen LogP contribution in [0, 0.1) is 0 Å². The first-order valence-electron chi connectivity index (χ1n) is 16.3. The van der Waals surface area contributed by atoms with Crippen LogP contribution in [0.15, 0.2) is 48.5 Å². The summed E-state index contributed by atoms with van der Waals surface area (Å²) in [7, 11) is 8.51. The molecule has 4 aromatic rings. The SMILES string of the molecule is CC(C)c1cc(C(C)C)c2cc([Si](C)(C)C)[cH-]c2c1.CC(C)c1cc(C(C)C)c2cc([Si](C)(C)C)[cH-]c2c1.C[Si]C.[Cl][Zr+2][Cl]. The Kier molecular flexibility index (Phi) is 17.4. The van der Waals surface area contributed by atoms with Gasteiger partial charge in [-0.05, 0) is 23.7 Å². The zero-order chi connectivity index (χ0) is 34.2. The molecule has 242 valence electrons. The number of fused-ring (bicyclic) bond motifs is 2. The number of rotatable bonds is 6. The second kappa shape index (κ2) is 18.4. The van der Waals surface area contributed by atoms with Gasteiger partial charge < -0.3 is 0 Å². The van der Waals surface area contributed by atoms with Gasteiger partial charge in [-0.25, -0.2) is 0 Å². The van der Waals surface area contributed by atoms with E-state index in [1.165, 1.54) is 43.8 Å². The molecule has 4 rings (SSSR count). The van der Waals surface area contributed by atoms with E-state index in [2.05, 4.69) is 156 Å². The van der Waals surface area contributed by atoms with E-state index in [1.54, 1.807) is 10.4 Å². The summed E-state index contributed by atoms with van der Waals surface area (Å²) in [5, 5.41) is 9.05. The summed E-state index contributed by atoms with van der Waals surface area (Å²) in [5.74, 6) is 2.40. The number of benzene rings is 2. The van der Waals surface area contributed by atoms with Crippen molar-refractivity contribution in [3.8, 4) is 0 Å². The molecule has 0 saturated heterocycles. The first-order chi connectivity index (χ1) is 20.2. The van der Waals surface area contributed by atoms with Crippen molar-refractivity contribution in [1.29, 1.82) is 0 Å². The molecule has 0 aliphatic carbocycles. The molecule has 0 nitrogen and oxygen atoms in total. The molecule has 0 amide bonds. The monoisotopic (exact) mass is 760 g/mol. The Balaban J connectivity index is 0.000000373. The molecule has 0 saturated carbocycles. The molecule has 0 unspecified atom stereocenters. The van der Waals surface area contributed by atoms with Gasteiger partial charge in [-0.3, -0.25) is 0 Å². The quantitative estimate of drug-likeness (QED) is 0.136. The molecule has 0 atom stereocenters. The van der Waals surface area contributed by atoms with Crippen molar-refractivity contribution in [2.24, 2.45) is 0 Å². The Morgan fingerprint density at radius 2 is 0.818 bits per heavy atom. The third-order valence-corrected chi connectivity index (χ3v) is 12.1. The van der Waals surface area contributed by atoms with Gasteiger partial charge in [0.15, 0.2) is 0 Å². The van der Waals surface area contributed by atoms with Crippen LogP contribution in [0.1, 0.15) is 101 Å². The van der Waals surface area contributed by atoms with E-state index in [-0.39, 0.29) is 0 Å². The molecule has 6 heteroatoms. The van der Waals surface area contributed by atoms with E-state index in [1.807, 2.05) is 0 Å². The zero-order valence-corrected chi connectivity index (χ0v) is 37.7. The van der Waals surface area contributed by atoms with Gasteiger partial charge in [0.2, 0.25) is 0 Å². The Morgan fingerprint density at radius 1 is 0.545 bits per heavy atom. The minimum atomic E-state index is -1.22. The fourth-order valence-electron chi connectivity index (χ4n) is 5.24. The summed E-state index contributed by atoms with van der Waals surface area (Å²) in [6.45, 7) is 37.3. The average Bonchev–Trinajstić information content (AvgIpc) is 3.53. The summed E-state index contributed by atoms with van der Waals surface area (Å²) in [6.07, 6.45) is 0. The van der Waals surface area contributed by atoms with Gasteiger partial charge in [-0.2, -0.15) is 12.1 Å². The second-order valence-corrected chi connectivity index (χ2v) is 30.3. The standard InChI is InChI=1S/2C18H27Si.C2H6Si.2ClH.Zr/c2*1-12(2)14-8-15-9-16(19(5,6)7)11-18(15)17(10-14)13(3)4;1-3-2;;;/h2*8-13H,1-7H3;1-2H3;2*1H;/q2*-1;;;;+4/p-2. The molecule has 0 aliphatic heterocycles. The van der Waals surface area contributed by atoms with Gasteiger partial charge >= 0.3 is 37.9 Å². The van der Waals surface area contributed by atoms with Crippen molar-refractivity contribution in [3.05, 3.63) is 70.8 Å². The van der Waals surface area contributed by atoms with Gasteiger partial charge in [0, 0.05) is 9.52 Å². The van der Waals surface area contributed by atoms with Gasteiger partial charge in [-0.1, -0.05) is 142 Å². The molecule has 0 fully saturated rings. The fourth-order valence-corrected chi connectivity index (χ4v) is 7.57. The molecule has 0 aliphatic rings. The van der Waals surface area contributed by atoms with Crippen molar-refractivity contribution in [2.75, 3.05) is 0 Å². The normalized spacial score (nSPS) is 11.8. The number of hydrogen-bond donors (Lipinski definition) is 0. The van der Waals surface area contributed by atoms with E-state index in [0.717, 1.165) is 9.52 Å². The fraction of sp³-hybridized carbons (Fsp3) is 0.526. The van der Waals surface area contributed by atoms with E-state index in [9.17, 15) is 0 Å². The number of hydrogen-bond acceptors (Lipinski definition) is 0. The molecule has 4 aromatic carbocycles. The summed E-state index contributed by atoms with van der Waals surface area (Å²) >= 11 is -0.826. The van der Waals surface area contributed by atoms with Crippen molar-refractivity contribution >= 4 is 74.6 Å². The molecule has 0 heterocycles. The summed E-state index contributed by atoms with van der Waals surface area (Å²) in [5.41, 5.74) is 5.99. The topological polar surface area (TPSA) is 0 Å². The maximum atomic E-state index is 4.93. The van der Waals surface area contributed by atoms with Gasteiger partial charge in [-0.15, -0.1) is 56.2 Å². The Bertz CT molecular complexity index is 1320. The molecule has 2 radical (unpaired) electrons. The van der Waals surface area contributed by atoms with E-state index in [4.69, 9.17) is 17.0 Å². The number of halogens is 2. The van der Waals surface area contributed by atoms with Gasteiger partial charge in [0.25, 0.3) is 0 Å². The van der Waals surface area contributed by atoms with Crippen molar-refractivity contribution in [2.45, 2.75) is 131 Å². The molecule has 0 aromatic heterocycles. The van der Waals surface area contributed by atoms with Crippen molar-refractivity contribution in [3.63, 3.8) is 0 Å². The van der Waals surface area contributed by atoms with Gasteiger partial charge in [0.05, 0.1) is 16.1 Å². The van der Waals surface area contributed by atoms with Crippen LogP contribution in [-0.2, 0) is 20.8 Å². The van der Waals surface area contributed by atoms with Crippen LogP contribution in [0.25, 0.3) is 21.5 Å². The molecule has 0 N–H and O–H groups in total. The van der Waals surface area contributed by atoms with Crippen LogP contribution in [-0.4, -0.2) is 25.7 Å². The summed E-state index contributed by atoms with van der Waals surface area (Å²) < 4.78 is 0. The van der Waals surface area contributed by atoms with Gasteiger partial charge in [0.1, 0.15) is 0 Å². The van der Waals surface area contributed by atoms with Crippen LogP contribution < -0.4 is 10.4 Å². The van der Waals surface area contributed by atoms with E-state index >= 15 is 0 Å². The maximum absolute atomic E-state index is 4.93. The Hall–Kier alpha value is -0.226. The zero-order valence-electron chi connectivity index (χ0n) is 30.7. The minimum absolute atomic E-state index is 0.595. The molecular formula is C38H60Cl2Si3Zr. The van der Waals surface area contributed by atoms with Crippen LogP contribution >= 0.6 is 17.0 Å². The van der Waals surface area contributed by atoms with Crippen LogP contribution in [0.4, 0.5) is 0 Å². The molecule has 0 spiro atoms. The summed E-state index contributed by atoms with van der Waals surface area (Å²) in [4.78, 5) is 0. The first kappa shape index (κ1) is 41.8. The third kappa shape index (κ3) is 12.1. The van der Waals surface area contributed by atoms with E-state index < -0.39 is 37.0 Å². The summed E-state index contributed by atoms with van der Waals surface area (Å²) in [6, 6.07) is 19.4. The van der Waals surface area contributed by atoms with Crippen molar-refractivity contribution < 1.29 is 20.8 Å². The second-order valence-electron chi connectivity index (χ2n) is 15.4. The van der Waals surface area contributed by atoms with Crippen LogP contribution in [0.3, 0.4) is 0 Å². The third-order valence-electron chi connectivity index (χ3n) is 8.06. The molecule has 0 bridgehead atoms. The molecular weight excluding hydrogens is 703 g/mol. The first-order valence-corrected chi connectivity index (χ1v) is 31.6. The van der Waals surface area contributed by atoms with Crippen molar-refractivity contribution in [1.82, 2.24) is 0 Å². The molecule has 44 heavy (non-hydrogen) atoms. The average molecular weight is 763 g/mol. The Labute approximate surface area is 295 Å². The predicted octanol–water partition coefficient (Wildman–Crippen LogP) is 12.9. The van der Waals surface area contributed by atoms with E-state index in [0.29, 0.717) is 23.7 Å². The Morgan fingerprint density at radius 3 is 1.02 bits per heavy atom.